The zero-order chi connectivity index (χ0) is 19.4. The van der Waals surface area contributed by atoms with Crippen molar-refractivity contribution >= 4 is 29.3 Å². The highest BCUT2D eigenvalue weighted by Gasteiger charge is 2.48. The Morgan fingerprint density at radius 2 is 2.04 bits per heavy atom. The lowest BCUT2D eigenvalue weighted by atomic mass is 9.89. The van der Waals surface area contributed by atoms with Crippen LogP contribution in [0, 0.1) is 5.92 Å². The van der Waals surface area contributed by atoms with Crippen molar-refractivity contribution in [3.05, 3.63) is 0 Å². The lowest BCUT2D eigenvalue weighted by molar-refractivity contribution is -0.205. The van der Waals surface area contributed by atoms with Gasteiger partial charge in [0, 0.05) is 0 Å². The molecule has 0 aromatic carbocycles. The van der Waals surface area contributed by atoms with Crippen LogP contribution in [0.2, 0.25) is 0 Å². The summed E-state index contributed by atoms with van der Waals surface area (Å²) in [5.41, 5.74) is -0.703. The van der Waals surface area contributed by atoms with E-state index in [1.807, 2.05) is 0 Å². The molecule has 9 heteroatoms. The van der Waals surface area contributed by atoms with Crippen molar-refractivity contribution in [1.82, 2.24) is 10.6 Å². The summed E-state index contributed by atoms with van der Waals surface area (Å²) in [6.07, 6.45) is -0.236. The van der Waals surface area contributed by atoms with E-state index in [9.17, 15) is 20.1 Å². The number of hydrogen-bond acceptors (Lipinski definition) is 7. The van der Waals surface area contributed by atoms with Gasteiger partial charge >= 0.3 is 0 Å². The largest absolute Gasteiger partial charge is 0.388 e. The van der Waals surface area contributed by atoms with Crippen molar-refractivity contribution in [2.45, 2.75) is 80.4 Å². The van der Waals surface area contributed by atoms with E-state index in [0.29, 0.717) is 5.92 Å². The molecule has 0 saturated carbocycles. The molecule has 1 amide bonds. The van der Waals surface area contributed by atoms with E-state index in [-0.39, 0.29) is 11.9 Å². The van der Waals surface area contributed by atoms with Crippen LogP contribution in [0.15, 0.2) is 0 Å². The van der Waals surface area contributed by atoms with Crippen molar-refractivity contribution in [3.8, 4) is 0 Å². The summed E-state index contributed by atoms with van der Waals surface area (Å²) in [4.78, 5) is 12.7. The number of halogens is 1. The lowest BCUT2D eigenvalue weighted by Crippen LogP contribution is -2.65. The molecule has 0 radical (unpaired) electrons. The van der Waals surface area contributed by atoms with Gasteiger partial charge in [0.15, 0.2) is 0 Å². The van der Waals surface area contributed by atoms with Crippen LogP contribution in [-0.2, 0) is 9.53 Å². The summed E-state index contributed by atoms with van der Waals surface area (Å²) in [7, 11) is 0. The molecule has 2 heterocycles. The van der Waals surface area contributed by atoms with Crippen molar-refractivity contribution in [2.75, 3.05) is 12.8 Å². The lowest BCUT2D eigenvalue weighted by Gasteiger charge is -2.44. The van der Waals surface area contributed by atoms with Crippen LogP contribution >= 0.6 is 23.4 Å². The normalized spacial score (nSPS) is 40.7. The average Bonchev–Trinajstić information content (AvgIpc) is 2.64. The number of aliphatic hydroxyl groups excluding tert-OH is 3. The number of carbonyl (C=O) groups excluding carboxylic acids is 1. The molecular weight excluding hydrogens is 380 g/mol. The van der Waals surface area contributed by atoms with Crippen molar-refractivity contribution in [1.29, 1.82) is 0 Å². The van der Waals surface area contributed by atoms with Crippen LogP contribution < -0.4 is 10.6 Å². The monoisotopic (exact) mass is 410 g/mol. The van der Waals surface area contributed by atoms with Gasteiger partial charge in [-0.05, 0) is 38.5 Å². The molecule has 2 fully saturated rings. The number of ether oxygens (including phenoxy) is 1. The van der Waals surface area contributed by atoms with Crippen LogP contribution in [0.25, 0.3) is 0 Å². The molecule has 0 bridgehead atoms. The third kappa shape index (κ3) is 5.04. The van der Waals surface area contributed by atoms with E-state index in [2.05, 4.69) is 17.6 Å². The molecule has 5 N–H and O–H groups in total. The van der Waals surface area contributed by atoms with E-state index in [1.165, 1.54) is 11.8 Å². The number of thioether (sulfide) groups is 1. The van der Waals surface area contributed by atoms with Gasteiger partial charge in [0.1, 0.15) is 29.9 Å². The zero-order valence-corrected chi connectivity index (χ0v) is 17.0. The molecular formula is C17H31ClN2O5S. The van der Waals surface area contributed by atoms with E-state index in [1.54, 1.807) is 13.2 Å². The third-order valence-electron chi connectivity index (χ3n) is 5.40. The molecule has 2 aliphatic heterocycles. The third-order valence-corrected chi connectivity index (χ3v) is 6.53. The molecule has 0 unspecified atom stereocenters. The van der Waals surface area contributed by atoms with Gasteiger partial charge in [-0.25, -0.2) is 0 Å². The van der Waals surface area contributed by atoms with Crippen molar-refractivity contribution in [2.24, 2.45) is 5.92 Å². The van der Waals surface area contributed by atoms with Crippen LogP contribution in [-0.4, -0.2) is 81.3 Å². The number of piperidine rings is 1. The average molecular weight is 411 g/mol. The smallest absolute Gasteiger partial charge is 0.237 e. The van der Waals surface area contributed by atoms with Crippen LogP contribution in [0.5, 0.6) is 0 Å². The maximum absolute atomic E-state index is 12.7. The van der Waals surface area contributed by atoms with E-state index in [4.69, 9.17) is 16.3 Å². The summed E-state index contributed by atoms with van der Waals surface area (Å²) >= 11 is 7.51. The summed E-state index contributed by atoms with van der Waals surface area (Å²) < 4.78 is 5.77. The molecule has 0 aromatic heterocycles. The predicted molar refractivity (Wildman–Crippen MR) is 102 cm³/mol. The first kappa shape index (κ1) is 22.2. The Balaban J connectivity index is 2.09. The molecule has 2 saturated heterocycles. The fraction of sp³-hybridized carbons (Fsp3) is 0.941. The number of hydrogen-bond donors (Lipinski definition) is 5. The number of carbonyl (C=O) groups is 1. The minimum absolute atomic E-state index is 0.183. The topological polar surface area (TPSA) is 111 Å². The number of aliphatic hydroxyl groups is 3. The number of amides is 1. The van der Waals surface area contributed by atoms with Gasteiger partial charge in [-0.3, -0.25) is 4.79 Å². The minimum atomic E-state index is -1.36. The van der Waals surface area contributed by atoms with Gasteiger partial charge < -0.3 is 30.7 Å². The first-order valence-corrected chi connectivity index (χ1v) is 10.9. The van der Waals surface area contributed by atoms with E-state index < -0.39 is 41.3 Å². The maximum Gasteiger partial charge on any atom is 0.237 e. The highest BCUT2D eigenvalue weighted by molar-refractivity contribution is 7.99. The van der Waals surface area contributed by atoms with Gasteiger partial charge in [0.05, 0.1) is 17.5 Å². The van der Waals surface area contributed by atoms with E-state index >= 15 is 0 Å². The Hall–Kier alpha value is -0.0900. The van der Waals surface area contributed by atoms with Gasteiger partial charge in [0.2, 0.25) is 5.91 Å². The summed E-state index contributed by atoms with van der Waals surface area (Å²) in [6.45, 7) is 4.62. The Kier molecular flexibility index (Phi) is 8.46. The van der Waals surface area contributed by atoms with Crippen LogP contribution in [0.4, 0.5) is 0 Å². The summed E-state index contributed by atoms with van der Waals surface area (Å²) in [5.74, 6) is 0.325. The second kappa shape index (κ2) is 9.91. The SMILES string of the molecule is CC[C@@H]1CCN[C@H](C(=O)N[C@@H]([C@H]2O[C@H](SC)[C@@H](O)[C@H](O)[C@H]2O)[C@@H](C)Cl)C1. The highest BCUT2D eigenvalue weighted by Crippen LogP contribution is 2.30. The first-order valence-electron chi connectivity index (χ1n) is 9.20. The van der Waals surface area contributed by atoms with Gasteiger partial charge in [0.25, 0.3) is 0 Å². The second-order valence-electron chi connectivity index (χ2n) is 7.19. The fourth-order valence-electron chi connectivity index (χ4n) is 3.66. The number of nitrogens with one attached hydrogen (secondary N) is 2. The Morgan fingerprint density at radius 1 is 1.35 bits per heavy atom. The molecule has 2 rings (SSSR count). The highest BCUT2D eigenvalue weighted by atomic mass is 35.5. The van der Waals surface area contributed by atoms with Crippen molar-refractivity contribution in [3.63, 3.8) is 0 Å². The molecule has 0 spiro atoms. The number of alkyl halides is 1. The first-order chi connectivity index (χ1) is 12.3. The molecule has 7 nitrogen and oxygen atoms in total. The molecule has 2 aliphatic rings. The predicted octanol–water partition coefficient (Wildman–Crippen LogP) is 0.0473. The van der Waals surface area contributed by atoms with Gasteiger partial charge in [-0.2, -0.15) is 0 Å². The number of rotatable bonds is 6. The van der Waals surface area contributed by atoms with E-state index in [0.717, 1.165) is 25.8 Å². The van der Waals surface area contributed by atoms with Gasteiger partial charge in [-0.1, -0.05) is 13.3 Å². The van der Waals surface area contributed by atoms with Gasteiger partial charge in [-0.15, -0.1) is 23.4 Å². The quantitative estimate of drug-likeness (QED) is 0.393. The molecule has 26 heavy (non-hydrogen) atoms. The standard InChI is InChI=1S/C17H31ClN2O5S/c1-4-9-5-6-19-10(7-9)16(24)20-11(8(2)18)15-13(22)12(21)14(23)17(25-15)26-3/h8-15,17,19,21-23H,4-7H2,1-3H3,(H,20,24)/t8-,9-,10+,11-,12-,13-,14+,15-,17-/m1/s1. The summed E-state index contributed by atoms with van der Waals surface area (Å²) in [6, 6.07) is -1.00. The summed E-state index contributed by atoms with van der Waals surface area (Å²) in [5, 5.41) is 36.1. The van der Waals surface area contributed by atoms with Crippen LogP contribution in [0.3, 0.4) is 0 Å². The zero-order valence-electron chi connectivity index (χ0n) is 15.5. The van der Waals surface area contributed by atoms with Crippen LogP contribution in [0.1, 0.15) is 33.1 Å². The molecule has 152 valence electrons. The Bertz CT molecular complexity index is 470. The maximum atomic E-state index is 12.7. The second-order valence-corrected chi connectivity index (χ2v) is 8.82. The molecule has 0 aliphatic carbocycles. The van der Waals surface area contributed by atoms with Crippen molar-refractivity contribution < 1.29 is 24.9 Å². The Labute approximate surface area is 164 Å². The molecule has 0 aromatic rings. The Morgan fingerprint density at radius 3 is 2.62 bits per heavy atom. The fourth-order valence-corrected chi connectivity index (χ4v) is 4.54. The molecule has 9 atom stereocenters. The minimum Gasteiger partial charge on any atom is -0.388 e.